The Bertz CT molecular complexity index is 1490. The van der Waals surface area contributed by atoms with Crippen molar-refractivity contribution in [3.05, 3.63) is 78.0 Å². The van der Waals surface area contributed by atoms with Crippen LogP contribution in [-0.4, -0.2) is 57.7 Å². The van der Waals surface area contributed by atoms with Gasteiger partial charge in [-0.3, -0.25) is 14.0 Å². The fraction of sp³-hybridized carbons (Fsp3) is 0.346. The van der Waals surface area contributed by atoms with Gasteiger partial charge in [0.25, 0.3) is 15.9 Å². The third kappa shape index (κ3) is 5.04. The maximum Gasteiger partial charge on any atom is 0.414 e. The molecule has 2 aliphatic heterocycles. The molecule has 0 saturated carbocycles. The molecule has 2 aromatic heterocycles. The molecule has 2 aliphatic rings. The van der Waals surface area contributed by atoms with E-state index in [9.17, 15) is 18.0 Å². The number of imidazole rings is 1. The van der Waals surface area contributed by atoms with Gasteiger partial charge in [0.15, 0.2) is 0 Å². The van der Waals surface area contributed by atoms with Crippen LogP contribution in [0.15, 0.2) is 71.8 Å². The van der Waals surface area contributed by atoms with Gasteiger partial charge in [0.2, 0.25) is 0 Å². The molecule has 1 aromatic carbocycles. The van der Waals surface area contributed by atoms with Gasteiger partial charge in [-0.25, -0.2) is 18.2 Å². The van der Waals surface area contributed by atoms with E-state index in [0.29, 0.717) is 24.2 Å². The minimum atomic E-state index is -3.79. The second-order valence-electron chi connectivity index (χ2n) is 10.2. The highest BCUT2D eigenvalue weighted by atomic mass is 32.2. The van der Waals surface area contributed by atoms with Crippen LogP contribution in [0.1, 0.15) is 43.1 Å². The highest BCUT2D eigenvalue weighted by Crippen LogP contribution is 2.37. The molecule has 4 heterocycles. The van der Waals surface area contributed by atoms with Gasteiger partial charge in [-0.05, 0) is 57.0 Å². The SMILES string of the molecule is CC(C)(C)OC(=O)N1CCC2CN(S(=O)(=O)c3ccc(CNC(=O)c4ccc5nccn5c4)cc3)C=C21. The zero-order chi connectivity index (χ0) is 26.4. The van der Waals surface area contributed by atoms with Gasteiger partial charge < -0.3 is 14.5 Å². The lowest BCUT2D eigenvalue weighted by molar-refractivity contribution is 0.0337. The summed E-state index contributed by atoms with van der Waals surface area (Å²) in [6.45, 7) is 6.45. The second kappa shape index (κ2) is 9.22. The minimum Gasteiger partial charge on any atom is -0.443 e. The maximum atomic E-state index is 13.3. The molecule has 0 aliphatic carbocycles. The largest absolute Gasteiger partial charge is 0.443 e. The molecule has 1 unspecified atom stereocenters. The van der Waals surface area contributed by atoms with Crippen molar-refractivity contribution < 1.29 is 22.7 Å². The molecule has 0 radical (unpaired) electrons. The van der Waals surface area contributed by atoms with Crippen molar-refractivity contribution in [1.29, 1.82) is 0 Å². The number of ether oxygens (including phenoxy) is 1. The summed E-state index contributed by atoms with van der Waals surface area (Å²) in [5.74, 6) is -0.282. The van der Waals surface area contributed by atoms with E-state index in [0.717, 1.165) is 11.2 Å². The van der Waals surface area contributed by atoms with E-state index in [1.54, 1.807) is 74.2 Å². The number of aromatic nitrogens is 2. The van der Waals surface area contributed by atoms with E-state index in [4.69, 9.17) is 4.74 Å². The maximum absolute atomic E-state index is 13.3. The van der Waals surface area contributed by atoms with Gasteiger partial charge in [-0.1, -0.05) is 12.1 Å². The van der Waals surface area contributed by atoms with Crippen LogP contribution in [0.4, 0.5) is 4.79 Å². The van der Waals surface area contributed by atoms with E-state index in [1.807, 2.05) is 0 Å². The second-order valence-corrected chi connectivity index (χ2v) is 12.1. The number of hydrogen-bond donors (Lipinski definition) is 1. The zero-order valence-corrected chi connectivity index (χ0v) is 21.7. The first-order chi connectivity index (χ1) is 17.5. The number of carbonyl (C=O) groups is 2. The van der Waals surface area contributed by atoms with Crippen molar-refractivity contribution in [2.24, 2.45) is 5.92 Å². The number of carbonyl (C=O) groups excluding carboxylic acids is 2. The van der Waals surface area contributed by atoms with Crippen molar-refractivity contribution in [2.45, 2.75) is 44.2 Å². The highest BCUT2D eigenvalue weighted by molar-refractivity contribution is 7.89. The molecule has 10 nitrogen and oxygen atoms in total. The lowest BCUT2D eigenvalue weighted by Crippen LogP contribution is -2.34. The molecule has 2 amide bonds. The molecular formula is C26H29N5O5S. The molecule has 5 rings (SSSR count). The van der Waals surface area contributed by atoms with Gasteiger partial charge in [0.1, 0.15) is 11.2 Å². The molecule has 1 N–H and O–H groups in total. The molecule has 0 bridgehead atoms. The summed E-state index contributed by atoms with van der Waals surface area (Å²) in [5, 5.41) is 2.85. The summed E-state index contributed by atoms with van der Waals surface area (Å²) in [5.41, 5.74) is 2.06. The van der Waals surface area contributed by atoms with Crippen LogP contribution in [0.2, 0.25) is 0 Å². The van der Waals surface area contributed by atoms with Gasteiger partial charge in [0, 0.05) is 56.0 Å². The first kappa shape index (κ1) is 24.8. The minimum absolute atomic E-state index is 0.0432. The van der Waals surface area contributed by atoms with E-state index in [1.165, 1.54) is 21.3 Å². The number of amides is 2. The number of hydrogen-bond acceptors (Lipinski definition) is 6. The van der Waals surface area contributed by atoms with Crippen LogP contribution in [0.5, 0.6) is 0 Å². The molecule has 3 aromatic rings. The standard InChI is InChI=1S/C26H29N5O5S/c1-26(2,3)36-25(33)31-12-10-19-16-30(17-22(19)31)37(34,35)21-7-4-18(5-8-21)14-28-24(32)20-6-9-23-27-11-13-29(23)15-20/h4-9,11,13,15,17,19H,10,12,14,16H2,1-3H3,(H,28,32). The Hall–Kier alpha value is -3.86. The number of benzene rings is 1. The smallest absolute Gasteiger partial charge is 0.414 e. The van der Waals surface area contributed by atoms with Crippen LogP contribution < -0.4 is 5.32 Å². The zero-order valence-electron chi connectivity index (χ0n) is 20.9. The van der Waals surface area contributed by atoms with Gasteiger partial charge in [0.05, 0.1) is 10.5 Å². The average Bonchev–Trinajstić information content (AvgIpc) is 3.57. The third-order valence-electron chi connectivity index (χ3n) is 6.36. The Kier molecular flexibility index (Phi) is 6.18. The van der Waals surface area contributed by atoms with Crippen LogP contribution in [0.3, 0.4) is 0 Å². The van der Waals surface area contributed by atoms with E-state index >= 15 is 0 Å². The molecule has 1 saturated heterocycles. The fourth-order valence-corrected chi connectivity index (χ4v) is 5.87. The Morgan fingerprint density at radius 3 is 2.62 bits per heavy atom. The topological polar surface area (TPSA) is 113 Å². The summed E-state index contributed by atoms with van der Waals surface area (Å²) < 4.78 is 35.1. The van der Waals surface area contributed by atoms with Crippen molar-refractivity contribution in [3.63, 3.8) is 0 Å². The first-order valence-electron chi connectivity index (χ1n) is 12.1. The van der Waals surface area contributed by atoms with E-state index in [-0.39, 0.29) is 29.8 Å². The predicted molar refractivity (Wildman–Crippen MR) is 136 cm³/mol. The van der Waals surface area contributed by atoms with E-state index < -0.39 is 21.7 Å². The quantitative estimate of drug-likeness (QED) is 0.549. The first-order valence-corrected chi connectivity index (χ1v) is 13.5. The molecule has 37 heavy (non-hydrogen) atoms. The van der Waals surface area contributed by atoms with Gasteiger partial charge >= 0.3 is 6.09 Å². The Morgan fingerprint density at radius 2 is 1.89 bits per heavy atom. The van der Waals surface area contributed by atoms with Crippen molar-refractivity contribution in [2.75, 3.05) is 13.1 Å². The van der Waals surface area contributed by atoms with Crippen LogP contribution in [-0.2, 0) is 21.3 Å². The van der Waals surface area contributed by atoms with Crippen molar-refractivity contribution >= 4 is 27.7 Å². The van der Waals surface area contributed by atoms with E-state index in [2.05, 4.69) is 10.3 Å². The molecule has 0 spiro atoms. The average molecular weight is 524 g/mol. The Balaban J connectivity index is 1.24. The number of nitrogens with one attached hydrogen (secondary N) is 1. The Labute approximate surface area is 215 Å². The number of rotatable bonds is 5. The lowest BCUT2D eigenvalue weighted by atomic mass is 10.1. The van der Waals surface area contributed by atoms with Crippen LogP contribution in [0, 0.1) is 5.92 Å². The molecule has 11 heteroatoms. The number of nitrogens with zero attached hydrogens (tertiary/aromatic N) is 4. The van der Waals surface area contributed by atoms with Gasteiger partial charge in [-0.15, -0.1) is 0 Å². The number of fused-ring (bicyclic) bond motifs is 2. The monoisotopic (exact) mass is 523 g/mol. The summed E-state index contributed by atoms with van der Waals surface area (Å²) in [7, 11) is -3.79. The molecular weight excluding hydrogens is 494 g/mol. The summed E-state index contributed by atoms with van der Waals surface area (Å²) in [4.78, 5) is 31.0. The molecule has 1 fully saturated rings. The molecule has 194 valence electrons. The molecule has 1 atom stereocenters. The highest BCUT2D eigenvalue weighted by Gasteiger charge is 2.42. The predicted octanol–water partition coefficient (Wildman–Crippen LogP) is 3.37. The number of pyridine rings is 1. The number of likely N-dealkylation sites (tertiary alicyclic amines) is 1. The lowest BCUT2D eigenvalue weighted by Gasteiger charge is -2.25. The van der Waals surface area contributed by atoms with Crippen LogP contribution in [0.25, 0.3) is 5.65 Å². The van der Waals surface area contributed by atoms with Crippen molar-refractivity contribution in [1.82, 2.24) is 23.9 Å². The third-order valence-corrected chi connectivity index (χ3v) is 8.10. The summed E-state index contributed by atoms with van der Waals surface area (Å²) in [6, 6.07) is 9.91. The fourth-order valence-electron chi connectivity index (χ4n) is 4.49. The summed E-state index contributed by atoms with van der Waals surface area (Å²) >= 11 is 0. The van der Waals surface area contributed by atoms with Gasteiger partial charge in [-0.2, -0.15) is 0 Å². The normalized spacial score (nSPS) is 17.6. The summed E-state index contributed by atoms with van der Waals surface area (Å²) in [6.07, 6.45) is 6.90. The number of sulfonamides is 1. The Morgan fingerprint density at radius 1 is 1.14 bits per heavy atom. The van der Waals surface area contributed by atoms with Crippen molar-refractivity contribution in [3.8, 4) is 0 Å². The van der Waals surface area contributed by atoms with Crippen LogP contribution >= 0.6 is 0 Å².